The summed E-state index contributed by atoms with van der Waals surface area (Å²) in [6, 6.07) is 4.21. The lowest BCUT2D eigenvalue weighted by atomic mass is 10.3. The number of hydrogen-bond donors (Lipinski definition) is 0. The molecule has 15 heavy (non-hydrogen) atoms. The van der Waals surface area contributed by atoms with Crippen LogP contribution < -0.4 is 9.47 Å². The third-order valence-electron chi connectivity index (χ3n) is 1.45. The average molecular weight is 285 g/mol. The summed E-state index contributed by atoms with van der Waals surface area (Å²) < 4.78 is 45.3. The second kappa shape index (κ2) is 4.74. The van der Waals surface area contributed by atoms with Gasteiger partial charge in [-0.2, -0.15) is 0 Å². The third kappa shape index (κ3) is 3.62. The molecule has 0 atom stereocenters. The van der Waals surface area contributed by atoms with Crippen molar-refractivity contribution in [3.8, 4) is 11.5 Å². The van der Waals surface area contributed by atoms with E-state index in [9.17, 15) is 13.2 Å². The van der Waals surface area contributed by atoms with Gasteiger partial charge < -0.3 is 9.47 Å². The summed E-state index contributed by atoms with van der Waals surface area (Å²) in [7, 11) is 0. The molecule has 84 valence electrons. The second-order valence-corrected chi connectivity index (χ2v) is 3.40. The number of para-hydroxylation sites is 1. The van der Waals surface area contributed by atoms with Crippen LogP contribution in [0.15, 0.2) is 22.7 Å². The summed E-state index contributed by atoms with van der Waals surface area (Å²) in [6.45, 7) is 1.94. The van der Waals surface area contributed by atoms with E-state index in [4.69, 9.17) is 4.74 Å². The normalized spacial score (nSPS) is 11.3. The van der Waals surface area contributed by atoms with Crippen LogP contribution in [0, 0.1) is 0 Å². The molecule has 0 aromatic heterocycles. The molecule has 6 heteroatoms. The van der Waals surface area contributed by atoms with Crippen LogP contribution in [-0.2, 0) is 0 Å². The highest BCUT2D eigenvalue weighted by Crippen LogP contribution is 2.37. The van der Waals surface area contributed by atoms with Gasteiger partial charge in [0.1, 0.15) is 0 Å². The Morgan fingerprint density at radius 1 is 1.33 bits per heavy atom. The minimum Gasteiger partial charge on any atom is -0.489 e. The van der Waals surface area contributed by atoms with E-state index in [0.717, 1.165) is 0 Å². The largest absolute Gasteiger partial charge is 0.573 e. The number of alkyl halides is 3. The highest BCUT2D eigenvalue weighted by Gasteiger charge is 2.32. The third-order valence-corrected chi connectivity index (χ3v) is 2.07. The zero-order valence-electron chi connectivity index (χ0n) is 7.77. The summed E-state index contributed by atoms with van der Waals surface area (Å²) in [5, 5.41) is 0. The van der Waals surface area contributed by atoms with E-state index in [0.29, 0.717) is 4.47 Å². The van der Waals surface area contributed by atoms with Crippen LogP contribution in [-0.4, -0.2) is 13.0 Å². The lowest BCUT2D eigenvalue weighted by Crippen LogP contribution is -2.17. The van der Waals surface area contributed by atoms with E-state index < -0.39 is 6.36 Å². The SMILES string of the molecule is CCOc1c(Br)cccc1OC(F)(F)F. The number of hydrogen-bond acceptors (Lipinski definition) is 2. The number of benzene rings is 1. The predicted octanol–water partition coefficient (Wildman–Crippen LogP) is 3.75. The first-order chi connectivity index (χ1) is 6.94. The van der Waals surface area contributed by atoms with Crippen molar-refractivity contribution in [1.82, 2.24) is 0 Å². The molecule has 1 aromatic carbocycles. The highest BCUT2D eigenvalue weighted by atomic mass is 79.9. The number of ether oxygens (including phenoxy) is 2. The van der Waals surface area contributed by atoms with E-state index in [2.05, 4.69) is 20.7 Å². The smallest absolute Gasteiger partial charge is 0.489 e. The van der Waals surface area contributed by atoms with Gasteiger partial charge in [0.25, 0.3) is 0 Å². The van der Waals surface area contributed by atoms with Crippen molar-refractivity contribution in [2.75, 3.05) is 6.61 Å². The molecule has 2 nitrogen and oxygen atoms in total. The minimum atomic E-state index is -4.72. The summed E-state index contributed by atoms with van der Waals surface area (Å²) >= 11 is 3.08. The van der Waals surface area contributed by atoms with Gasteiger partial charge in [0.05, 0.1) is 11.1 Å². The molecule has 0 amide bonds. The number of halogens is 4. The summed E-state index contributed by atoms with van der Waals surface area (Å²) in [6.07, 6.45) is -4.72. The van der Waals surface area contributed by atoms with Crippen molar-refractivity contribution >= 4 is 15.9 Å². The van der Waals surface area contributed by atoms with Crippen LogP contribution in [0.5, 0.6) is 11.5 Å². The Labute approximate surface area is 93.1 Å². The van der Waals surface area contributed by atoms with E-state index in [-0.39, 0.29) is 18.1 Å². The zero-order chi connectivity index (χ0) is 11.5. The van der Waals surface area contributed by atoms with Gasteiger partial charge in [-0.15, -0.1) is 13.2 Å². The van der Waals surface area contributed by atoms with Gasteiger partial charge in [0.15, 0.2) is 11.5 Å². The summed E-state index contributed by atoms with van der Waals surface area (Å²) in [5.74, 6) is -0.295. The Kier molecular flexibility index (Phi) is 3.84. The monoisotopic (exact) mass is 284 g/mol. The maximum absolute atomic E-state index is 12.0. The molecular weight excluding hydrogens is 277 g/mol. The molecule has 0 N–H and O–H groups in total. The lowest BCUT2D eigenvalue weighted by molar-refractivity contribution is -0.275. The first-order valence-corrected chi connectivity index (χ1v) is 4.90. The lowest BCUT2D eigenvalue weighted by Gasteiger charge is -2.14. The van der Waals surface area contributed by atoms with Gasteiger partial charge in [0.2, 0.25) is 0 Å². The highest BCUT2D eigenvalue weighted by molar-refractivity contribution is 9.10. The zero-order valence-corrected chi connectivity index (χ0v) is 9.35. The van der Waals surface area contributed by atoms with Crippen LogP contribution in [0.2, 0.25) is 0 Å². The van der Waals surface area contributed by atoms with Crippen molar-refractivity contribution < 1.29 is 22.6 Å². The van der Waals surface area contributed by atoms with Crippen LogP contribution in [0.1, 0.15) is 6.92 Å². The van der Waals surface area contributed by atoms with E-state index in [1.54, 1.807) is 13.0 Å². The molecule has 0 fully saturated rings. The van der Waals surface area contributed by atoms with Crippen LogP contribution >= 0.6 is 15.9 Å². The van der Waals surface area contributed by atoms with Gasteiger partial charge >= 0.3 is 6.36 Å². The molecule has 0 bridgehead atoms. The fourth-order valence-electron chi connectivity index (χ4n) is 0.979. The summed E-state index contributed by atoms with van der Waals surface area (Å²) in [4.78, 5) is 0. The van der Waals surface area contributed by atoms with E-state index in [1.807, 2.05) is 0 Å². The van der Waals surface area contributed by atoms with Crippen molar-refractivity contribution in [2.24, 2.45) is 0 Å². The van der Waals surface area contributed by atoms with E-state index >= 15 is 0 Å². The average Bonchev–Trinajstić information content (AvgIpc) is 2.08. The van der Waals surface area contributed by atoms with Crippen LogP contribution in [0.25, 0.3) is 0 Å². The van der Waals surface area contributed by atoms with Gasteiger partial charge in [-0.1, -0.05) is 6.07 Å². The molecule has 1 aromatic rings. The Hall–Kier alpha value is -0.910. The molecular formula is C9H8BrF3O2. The molecule has 1 rings (SSSR count). The van der Waals surface area contributed by atoms with Gasteiger partial charge in [-0.05, 0) is 35.0 Å². The maximum atomic E-state index is 12.0. The molecule has 0 radical (unpaired) electrons. The molecule has 0 aliphatic carbocycles. The van der Waals surface area contributed by atoms with E-state index in [1.165, 1.54) is 12.1 Å². The fraction of sp³-hybridized carbons (Fsp3) is 0.333. The number of rotatable bonds is 3. The van der Waals surface area contributed by atoms with Crippen molar-refractivity contribution in [3.63, 3.8) is 0 Å². The Balaban J connectivity index is 3.00. The van der Waals surface area contributed by atoms with Crippen LogP contribution in [0.4, 0.5) is 13.2 Å². The maximum Gasteiger partial charge on any atom is 0.573 e. The van der Waals surface area contributed by atoms with Gasteiger partial charge in [0, 0.05) is 0 Å². The summed E-state index contributed by atoms with van der Waals surface area (Å²) in [5.41, 5.74) is 0. The van der Waals surface area contributed by atoms with Crippen molar-refractivity contribution in [2.45, 2.75) is 13.3 Å². The molecule has 0 spiro atoms. The molecule has 0 aliphatic rings. The van der Waals surface area contributed by atoms with Crippen molar-refractivity contribution in [3.05, 3.63) is 22.7 Å². The van der Waals surface area contributed by atoms with Crippen molar-refractivity contribution in [1.29, 1.82) is 0 Å². The van der Waals surface area contributed by atoms with Crippen LogP contribution in [0.3, 0.4) is 0 Å². The second-order valence-electron chi connectivity index (χ2n) is 2.55. The molecule has 0 saturated heterocycles. The Bertz CT molecular complexity index is 339. The molecule has 0 heterocycles. The molecule has 0 saturated carbocycles. The quantitative estimate of drug-likeness (QED) is 0.842. The first kappa shape index (κ1) is 12.2. The Morgan fingerprint density at radius 3 is 2.53 bits per heavy atom. The molecule has 0 unspecified atom stereocenters. The van der Waals surface area contributed by atoms with Gasteiger partial charge in [-0.3, -0.25) is 0 Å². The van der Waals surface area contributed by atoms with Gasteiger partial charge in [-0.25, -0.2) is 0 Å². The topological polar surface area (TPSA) is 18.5 Å². The fourth-order valence-corrected chi connectivity index (χ4v) is 1.44. The minimum absolute atomic E-state index is 0.0531. The predicted molar refractivity (Wildman–Crippen MR) is 52.0 cm³/mol. The standard InChI is InChI=1S/C9H8BrF3O2/c1-2-14-8-6(10)4-3-5-7(8)15-9(11,12)13/h3-5H,2H2,1H3. The molecule has 0 aliphatic heterocycles. The first-order valence-electron chi connectivity index (χ1n) is 4.11. The Morgan fingerprint density at radius 2 is 2.00 bits per heavy atom.